The molecule has 7 aromatic carbocycles. The van der Waals surface area contributed by atoms with Crippen LogP contribution in [0.15, 0.2) is 270 Å². The lowest BCUT2D eigenvalue weighted by Gasteiger charge is -2.40. The number of hydrogen-bond acceptors (Lipinski definition) is 25. The third kappa shape index (κ3) is 19.8. The number of aromatic nitrogens is 1. The molecule has 5 aromatic heterocycles. The summed E-state index contributed by atoms with van der Waals surface area (Å²) in [4.78, 5) is 118. The van der Waals surface area contributed by atoms with Gasteiger partial charge < -0.3 is 38.3 Å². The van der Waals surface area contributed by atoms with Gasteiger partial charge in [-0.15, -0.1) is 45.3 Å². The van der Waals surface area contributed by atoms with Crippen LogP contribution >= 0.6 is 95.5 Å². The first-order valence-electron chi connectivity index (χ1n) is 42.7. The molecule has 1 fully saturated rings. The van der Waals surface area contributed by atoms with E-state index in [0.717, 1.165) is 98.2 Å². The number of nitrogens with two attached hydrogens (primary N) is 5. The number of rotatable bonds is 18. The molecule has 0 radical (unpaired) electrons. The number of carbonyl (C=O) groups is 6. The molecule has 6 amide bonds. The Morgan fingerprint density at radius 3 is 1.74 bits per heavy atom. The third-order valence-electron chi connectivity index (χ3n) is 24.7. The number of hydrogen-bond donors (Lipinski definition) is 5. The summed E-state index contributed by atoms with van der Waals surface area (Å²) in [6.07, 6.45) is 6.07. The molecular weight excluding hydrogens is 1990 g/mol. The fraction of sp³-hybridized carbons (Fsp3) is 0.238. The van der Waals surface area contributed by atoms with Crippen LogP contribution in [0.25, 0.3) is 32.7 Å². The molecule has 10 N–H and O–H groups in total. The molecule has 18 rings (SSSR count). The predicted octanol–water partition coefficient (Wildman–Crippen LogP) is 16.8. The summed E-state index contributed by atoms with van der Waals surface area (Å²) >= 11 is 17.7. The Bertz CT molecular complexity index is 6870. The van der Waals surface area contributed by atoms with Crippen molar-refractivity contribution < 1.29 is 37.9 Å². The smallest absolute Gasteiger partial charge is 0.266 e. The number of halogens is 4. The molecule has 1 aliphatic carbocycles. The molecule has 6 aliphatic rings. The number of likely N-dealkylation sites (N-methyl/N-ethyl adjacent to an activating group) is 3. The first-order valence-corrected chi connectivity index (χ1v) is 48.6. The fourth-order valence-electron chi connectivity index (χ4n) is 16.6. The predicted molar refractivity (Wildman–Crippen MR) is 544 cm³/mol. The zero-order valence-electron chi connectivity index (χ0n) is 75.5. The van der Waals surface area contributed by atoms with Gasteiger partial charge >= 0.3 is 0 Å². The van der Waals surface area contributed by atoms with Gasteiger partial charge in [0.1, 0.15) is 44.2 Å². The normalized spacial score (nSPS) is 20.9. The van der Waals surface area contributed by atoms with Gasteiger partial charge in [-0.05, 0) is 208 Å². The van der Waals surface area contributed by atoms with Crippen molar-refractivity contribution in [3.63, 3.8) is 0 Å². The topological polar surface area (TPSA) is 407 Å². The maximum Gasteiger partial charge on any atom is 0.266 e. The molecular formula is C101H94BrClFIN20O7S4. The van der Waals surface area contributed by atoms with E-state index in [1.807, 2.05) is 207 Å². The van der Waals surface area contributed by atoms with Crippen molar-refractivity contribution in [3.05, 3.63) is 326 Å². The van der Waals surface area contributed by atoms with E-state index < -0.39 is 39.4 Å². The summed E-state index contributed by atoms with van der Waals surface area (Å²) < 4.78 is 19.4. The van der Waals surface area contributed by atoms with Crippen LogP contribution in [0.4, 0.5) is 4.39 Å². The Kier molecular flexibility index (Phi) is 29.6. The largest absolute Gasteiger partial charge is 0.497 e. The molecule has 35 heteroatoms. The zero-order chi connectivity index (χ0) is 97.6. The minimum absolute atomic E-state index is 0.0102. The van der Waals surface area contributed by atoms with Crippen LogP contribution in [-0.4, -0.2) is 152 Å². The van der Waals surface area contributed by atoms with E-state index in [1.54, 1.807) is 90.7 Å². The van der Waals surface area contributed by atoms with Crippen molar-refractivity contribution >= 4 is 161 Å². The monoisotopic (exact) mass is 2090 g/mol. The van der Waals surface area contributed by atoms with Crippen molar-refractivity contribution in [2.75, 3.05) is 48.9 Å². The van der Waals surface area contributed by atoms with E-state index in [-0.39, 0.29) is 87.2 Å². The van der Waals surface area contributed by atoms with Gasteiger partial charge in [-0.1, -0.05) is 168 Å². The molecule has 5 aliphatic heterocycles. The molecule has 10 heterocycles. The highest BCUT2D eigenvalue weighted by molar-refractivity contribution is 14.1. The average Bonchev–Trinajstić information content (AvgIpc) is 1.66. The maximum atomic E-state index is 14.0. The number of alkyl halides is 1. The van der Waals surface area contributed by atoms with Gasteiger partial charge in [0.05, 0.1) is 58.1 Å². The summed E-state index contributed by atoms with van der Waals surface area (Å²) in [5, 5.41) is 33.7. The number of benzene rings is 7. The summed E-state index contributed by atoms with van der Waals surface area (Å²) in [5.74, 6) is 0.134. The molecule has 0 bridgehead atoms. The number of nitriles is 3. The van der Waals surface area contributed by atoms with E-state index in [0.29, 0.717) is 39.9 Å². The van der Waals surface area contributed by atoms with Crippen LogP contribution in [0.3, 0.4) is 0 Å². The number of guanidine groups is 5. The maximum absolute atomic E-state index is 14.0. The van der Waals surface area contributed by atoms with Crippen LogP contribution in [0.2, 0.25) is 5.02 Å². The second kappa shape index (κ2) is 40.9. The van der Waals surface area contributed by atoms with E-state index in [2.05, 4.69) is 77.8 Å². The summed E-state index contributed by atoms with van der Waals surface area (Å²) in [5.41, 5.74) is 36.0. The van der Waals surface area contributed by atoms with Crippen molar-refractivity contribution in [1.29, 1.82) is 15.8 Å². The second-order valence-corrected chi connectivity index (χ2v) is 39.9. The number of aliphatic imine (C=N–C) groups is 5. The Labute approximate surface area is 829 Å². The second-order valence-electron chi connectivity index (χ2n) is 33.7. The summed E-state index contributed by atoms with van der Waals surface area (Å²) in [6.45, 7) is 8.37. The van der Waals surface area contributed by atoms with E-state index in [1.165, 1.54) is 87.7 Å². The van der Waals surface area contributed by atoms with E-state index >= 15 is 0 Å². The van der Waals surface area contributed by atoms with Crippen molar-refractivity contribution in [3.8, 4) is 56.7 Å². The van der Waals surface area contributed by atoms with Gasteiger partial charge in [0.15, 0.2) is 40.9 Å². The van der Waals surface area contributed by atoms with Crippen LogP contribution in [0.5, 0.6) is 5.75 Å². The van der Waals surface area contributed by atoms with Crippen molar-refractivity contribution in [2.24, 2.45) is 65.5 Å². The molecule has 2 unspecified atom stereocenters. The first-order chi connectivity index (χ1) is 64.9. The Hall–Kier alpha value is -13.6. The number of nitrogens with zero attached hydrogens (tertiary/aromatic N) is 15. The fourth-order valence-corrected chi connectivity index (χ4v) is 22.9. The van der Waals surface area contributed by atoms with Crippen LogP contribution < -0.4 is 33.4 Å². The minimum Gasteiger partial charge on any atom is -0.497 e. The van der Waals surface area contributed by atoms with Crippen molar-refractivity contribution in [1.82, 2.24) is 34.4 Å². The van der Waals surface area contributed by atoms with Gasteiger partial charge in [-0.2, -0.15) is 15.8 Å². The first kappa shape index (κ1) is 98.4. The van der Waals surface area contributed by atoms with Crippen molar-refractivity contribution in [2.45, 2.75) is 91.0 Å². The minimum atomic E-state index is -1.25. The van der Waals surface area contributed by atoms with Crippen LogP contribution in [0.1, 0.15) is 121 Å². The van der Waals surface area contributed by atoms with Crippen LogP contribution in [-0.2, 0) is 64.6 Å². The average molecular weight is 2090 g/mol. The number of methoxy groups -OCH3 is 1. The Morgan fingerprint density at radius 1 is 0.559 bits per heavy atom. The van der Waals surface area contributed by atoms with Gasteiger partial charge in [0.25, 0.3) is 17.7 Å². The zero-order valence-corrected chi connectivity index (χ0v) is 83.3. The molecule has 27 nitrogen and oxygen atoms in total. The molecule has 0 spiro atoms. The lowest BCUT2D eigenvalue weighted by molar-refractivity contribution is -0.135. The van der Waals surface area contributed by atoms with Gasteiger partial charge in [0, 0.05) is 94.7 Å². The summed E-state index contributed by atoms with van der Waals surface area (Å²) in [7, 11) is 9.96. The molecule has 692 valence electrons. The number of ether oxygens (including phenoxy) is 1. The highest BCUT2D eigenvalue weighted by atomic mass is 127. The number of carbonyl (C=O) groups excluding carboxylic acids is 6. The highest BCUT2D eigenvalue weighted by Crippen LogP contribution is 2.54. The van der Waals surface area contributed by atoms with E-state index in [9.17, 15) is 38.4 Å². The molecule has 136 heavy (non-hydrogen) atoms. The number of amides is 6. The molecule has 1 saturated carbocycles. The lowest BCUT2D eigenvalue weighted by Crippen LogP contribution is -2.54. The number of pyridine rings is 1. The standard InChI is InChI=1S/C32H30N4O2.C23H21N5O2S.C20H19FN4OS.C16H14N4OS.C10H10BrClIN3OS/c1-35(21-20-24-12-5-2-6-13-24)29(37)26-15-11-14-25(22-26)23-36-30(38)32(34-31(36)33,27-16-7-3-8-17-27)28-18-9-4-10-19-28;1-23(19-9-17(13-31-19)16-8-14(10-24)11-26-12-16)20(21(29)28(2)22(25)27-23)15-4-6-18(30-3)7-5-15;1-20(17(11-3-4-11)18(26)25(2)19(23)24-20)16-8-7-15(27-16)12-5-6-14(21)13(9-12)10-22;1-16(14(21)20(2)15(18)19-16)13-7-12(9-22-13)11-5-3-4-10(6-11)8-17;1-10(7-5(12)4(11)3-18-7)6(13)8(17)16(2)9(14)15-10/h2-19,22H,20-21,23H2,1H3,(H2,33,34);4-9,11-13,20H,1-3H3,(H2,25,27);5-9,11,17H,3-4H2,1-2H3,(H2,23,24);3-7,9H,1-2H3,(H2,18,19);3,6H,1-2H3,(H2,14,15)/t;20?,23-;17-,20-;;6-,10+/m.11.1/s1. The molecule has 7 atom stereocenters. The molecule has 12 aromatic rings. The number of thiophene rings is 4. The Balaban J connectivity index is 0.000000139. The third-order valence-corrected chi connectivity index (χ3v) is 32.9. The van der Waals surface area contributed by atoms with Gasteiger partial charge in [0.2, 0.25) is 17.7 Å². The van der Waals surface area contributed by atoms with Crippen LogP contribution in [0, 0.1) is 51.6 Å². The highest BCUT2D eigenvalue weighted by Gasteiger charge is 2.55. The van der Waals surface area contributed by atoms with Gasteiger partial charge in [-0.25, -0.2) is 29.4 Å². The van der Waals surface area contributed by atoms with E-state index in [4.69, 9.17) is 70.5 Å². The van der Waals surface area contributed by atoms with Gasteiger partial charge in [-0.3, -0.25) is 58.3 Å². The quantitative estimate of drug-likeness (QED) is 0.0393. The summed E-state index contributed by atoms with van der Waals surface area (Å²) in [6, 6.07) is 71.5. The lowest BCUT2D eigenvalue weighted by atomic mass is 9.77. The SMILES string of the molecule is CN(CCc1ccccc1)C(=O)c1cccc(CN2C(=O)C(c3ccccc3)(c3ccccc3)N=C2N)c1.CN1C(=O)C(C)(c2cc(-c3cccc(C#N)c3)cs2)N=C1N.CN1C(=O)[C@@H](C2CC2)[C@@](C)(c2ccc(-c3ccc(F)c(C#N)c3)s2)N=C1N.CN1C(=O)[C@@H](I)[C@@](C)(c2scc(Br)c2Cl)N=C1N.COc1ccc(C2C(=O)N(C)C(N)=N[C@]2(C)c2cc(-c3cncc(C#N)c3)cs2)cc1. The Morgan fingerprint density at radius 2 is 1.13 bits per heavy atom. The molecule has 0 saturated heterocycles.